The van der Waals surface area contributed by atoms with E-state index >= 15 is 0 Å². The summed E-state index contributed by atoms with van der Waals surface area (Å²) in [7, 11) is 1.31. The average molecular weight is 353 g/mol. The summed E-state index contributed by atoms with van der Waals surface area (Å²) >= 11 is 0. The van der Waals surface area contributed by atoms with Crippen LogP contribution in [-0.2, 0) is 4.74 Å². The van der Waals surface area contributed by atoms with E-state index in [0.29, 0.717) is 22.9 Å². The van der Waals surface area contributed by atoms with Gasteiger partial charge in [0.15, 0.2) is 0 Å². The molecule has 1 aliphatic heterocycles. The molecule has 6 heteroatoms. The number of carbonyl (C=O) groups is 2. The van der Waals surface area contributed by atoms with Gasteiger partial charge in [0, 0.05) is 13.1 Å². The Hall–Kier alpha value is -2.89. The molecule has 0 aliphatic carbocycles. The molecule has 136 valence electrons. The van der Waals surface area contributed by atoms with E-state index in [2.05, 4.69) is 22.1 Å². The van der Waals surface area contributed by atoms with E-state index in [4.69, 9.17) is 4.74 Å². The monoisotopic (exact) mass is 353 g/mol. The van der Waals surface area contributed by atoms with E-state index in [0.717, 1.165) is 18.8 Å². The number of esters is 1. The average Bonchev–Trinajstić information content (AvgIpc) is 2.68. The van der Waals surface area contributed by atoms with Crippen molar-refractivity contribution in [2.45, 2.75) is 19.8 Å². The number of carbonyl (C=O) groups excluding carboxylic acids is 2. The molecule has 26 heavy (non-hydrogen) atoms. The molecule has 0 radical (unpaired) electrons. The topological polar surface area (TPSA) is 71.5 Å². The first-order chi connectivity index (χ1) is 12.6. The molecule has 1 fully saturated rings. The van der Waals surface area contributed by atoms with Crippen LogP contribution in [0.2, 0.25) is 0 Å². The summed E-state index contributed by atoms with van der Waals surface area (Å²) in [6, 6.07) is 10.4. The molecule has 0 bridgehead atoms. The summed E-state index contributed by atoms with van der Waals surface area (Å²) < 4.78 is 4.74. The third-order valence-electron chi connectivity index (χ3n) is 4.58. The third kappa shape index (κ3) is 4.02. The maximum atomic E-state index is 12.5. The van der Waals surface area contributed by atoms with Gasteiger partial charge in [0.1, 0.15) is 5.69 Å². The molecule has 1 aliphatic rings. The molecule has 0 saturated carbocycles. The smallest absolute Gasteiger partial charge is 0.339 e. The van der Waals surface area contributed by atoms with Gasteiger partial charge in [0.05, 0.1) is 30.2 Å². The van der Waals surface area contributed by atoms with Crippen LogP contribution in [0.15, 0.2) is 42.6 Å². The van der Waals surface area contributed by atoms with Crippen molar-refractivity contribution in [1.82, 2.24) is 4.98 Å². The molecular formula is C20H23N3O3. The number of aromatic nitrogens is 1. The lowest BCUT2D eigenvalue weighted by Crippen LogP contribution is -2.34. The minimum atomic E-state index is -0.497. The number of methoxy groups -OCH3 is 1. The van der Waals surface area contributed by atoms with Crippen LogP contribution in [0.25, 0.3) is 0 Å². The van der Waals surface area contributed by atoms with Crippen LogP contribution >= 0.6 is 0 Å². The number of para-hydroxylation sites is 1. The Balaban J connectivity index is 1.72. The first-order valence-electron chi connectivity index (χ1n) is 8.78. The van der Waals surface area contributed by atoms with E-state index < -0.39 is 5.97 Å². The SMILES string of the molecule is COC(=O)c1ccccc1NC(=O)c1ccc(N2CCCC(C)C2)cn1. The van der Waals surface area contributed by atoms with Crippen molar-refractivity contribution in [2.24, 2.45) is 5.92 Å². The second-order valence-corrected chi connectivity index (χ2v) is 6.59. The summed E-state index contributed by atoms with van der Waals surface area (Å²) in [5, 5.41) is 2.73. The van der Waals surface area contributed by atoms with Gasteiger partial charge in [-0.15, -0.1) is 0 Å². The minimum Gasteiger partial charge on any atom is -0.465 e. The summed E-state index contributed by atoms with van der Waals surface area (Å²) in [6.07, 6.45) is 4.16. The van der Waals surface area contributed by atoms with Crippen LogP contribution < -0.4 is 10.2 Å². The third-order valence-corrected chi connectivity index (χ3v) is 4.58. The van der Waals surface area contributed by atoms with E-state index in [1.54, 1.807) is 36.5 Å². The molecule has 2 aromatic rings. The quantitative estimate of drug-likeness (QED) is 0.854. The van der Waals surface area contributed by atoms with Crippen LogP contribution in [0.1, 0.15) is 40.6 Å². The number of ether oxygens (including phenoxy) is 1. The normalized spacial score (nSPS) is 16.8. The standard InChI is InChI=1S/C20H23N3O3/c1-14-6-5-11-23(13-14)15-9-10-18(21-12-15)19(24)22-17-8-4-3-7-16(17)20(25)26-2/h3-4,7-10,12,14H,5-6,11,13H2,1-2H3,(H,22,24). The minimum absolute atomic E-state index is 0.304. The highest BCUT2D eigenvalue weighted by Crippen LogP contribution is 2.23. The molecule has 0 spiro atoms. The van der Waals surface area contributed by atoms with Crippen molar-refractivity contribution < 1.29 is 14.3 Å². The molecule has 1 aromatic carbocycles. The predicted octanol–water partition coefficient (Wildman–Crippen LogP) is 3.36. The predicted molar refractivity (Wildman–Crippen MR) is 101 cm³/mol. The van der Waals surface area contributed by atoms with Crippen LogP contribution in [-0.4, -0.2) is 37.1 Å². The second kappa shape index (κ2) is 7.99. The Kier molecular flexibility index (Phi) is 5.51. The number of piperidine rings is 1. The van der Waals surface area contributed by atoms with Crippen molar-refractivity contribution in [2.75, 3.05) is 30.4 Å². The van der Waals surface area contributed by atoms with Crippen molar-refractivity contribution in [3.63, 3.8) is 0 Å². The van der Waals surface area contributed by atoms with Crippen LogP contribution in [0.4, 0.5) is 11.4 Å². The zero-order valence-electron chi connectivity index (χ0n) is 15.1. The van der Waals surface area contributed by atoms with Gasteiger partial charge >= 0.3 is 5.97 Å². The maximum absolute atomic E-state index is 12.5. The highest BCUT2D eigenvalue weighted by molar-refractivity contribution is 6.07. The zero-order chi connectivity index (χ0) is 18.5. The Morgan fingerprint density at radius 2 is 2.04 bits per heavy atom. The highest BCUT2D eigenvalue weighted by Gasteiger charge is 2.18. The van der Waals surface area contributed by atoms with Gasteiger partial charge in [-0.3, -0.25) is 4.79 Å². The van der Waals surface area contributed by atoms with Gasteiger partial charge in [-0.05, 0) is 43.0 Å². The number of hydrogen-bond acceptors (Lipinski definition) is 5. The van der Waals surface area contributed by atoms with Crippen molar-refractivity contribution in [3.8, 4) is 0 Å². The Morgan fingerprint density at radius 3 is 2.73 bits per heavy atom. The number of hydrogen-bond donors (Lipinski definition) is 1. The first kappa shape index (κ1) is 17.9. The Bertz CT molecular complexity index is 789. The van der Waals surface area contributed by atoms with Gasteiger partial charge in [0.2, 0.25) is 0 Å². The fraction of sp³-hybridized carbons (Fsp3) is 0.350. The molecule has 3 rings (SSSR count). The summed E-state index contributed by atoms with van der Waals surface area (Å²) in [6.45, 7) is 4.28. The molecule has 1 N–H and O–H groups in total. The number of nitrogens with zero attached hydrogens (tertiary/aromatic N) is 2. The van der Waals surface area contributed by atoms with E-state index in [1.807, 2.05) is 6.07 Å². The van der Waals surface area contributed by atoms with Crippen LogP contribution in [0.5, 0.6) is 0 Å². The molecule has 2 heterocycles. The lowest BCUT2D eigenvalue weighted by molar-refractivity contribution is 0.0602. The molecule has 1 aromatic heterocycles. The second-order valence-electron chi connectivity index (χ2n) is 6.59. The molecule has 1 saturated heterocycles. The summed E-state index contributed by atoms with van der Waals surface area (Å²) in [5.74, 6) is -0.190. The fourth-order valence-corrected chi connectivity index (χ4v) is 3.20. The number of rotatable bonds is 4. The first-order valence-corrected chi connectivity index (χ1v) is 8.78. The van der Waals surface area contributed by atoms with Gasteiger partial charge in [-0.2, -0.15) is 0 Å². The van der Waals surface area contributed by atoms with Crippen molar-refractivity contribution >= 4 is 23.3 Å². The van der Waals surface area contributed by atoms with Gasteiger partial charge < -0.3 is 15.0 Å². The van der Waals surface area contributed by atoms with Gasteiger partial charge in [-0.1, -0.05) is 19.1 Å². The maximum Gasteiger partial charge on any atom is 0.339 e. The van der Waals surface area contributed by atoms with E-state index in [9.17, 15) is 9.59 Å². The number of benzene rings is 1. The lowest BCUT2D eigenvalue weighted by atomic mass is 10.00. The number of amides is 1. The highest BCUT2D eigenvalue weighted by atomic mass is 16.5. The molecule has 1 amide bonds. The zero-order valence-corrected chi connectivity index (χ0v) is 15.1. The molecule has 1 unspecified atom stereocenters. The lowest BCUT2D eigenvalue weighted by Gasteiger charge is -2.32. The Labute approximate surface area is 153 Å². The number of nitrogens with one attached hydrogen (secondary N) is 1. The fourth-order valence-electron chi connectivity index (χ4n) is 3.20. The van der Waals surface area contributed by atoms with E-state index in [-0.39, 0.29) is 5.91 Å². The van der Waals surface area contributed by atoms with Crippen molar-refractivity contribution in [1.29, 1.82) is 0 Å². The molecule has 1 atom stereocenters. The number of pyridine rings is 1. The van der Waals surface area contributed by atoms with Crippen LogP contribution in [0.3, 0.4) is 0 Å². The molecule has 6 nitrogen and oxygen atoms in total. The van der Waals surface area contributed by atoms with Gasteiger partial charge in [0.25, 0.3) is 5.91 Å². The van der Waals surface area contributed by atoms with Crippen LogP contribution in [0, 0.1) is 5.92 Å². The molecular weight excluding hydrogens is 330 g/mol. The largest absolute Gasteiger partial charge is 0.465 e. The number of anilines is 2. The van der Waals surface area contributed by atoms with Gasteiger partial charge in [-0.25, -0.2) is 9.78 Å². The summed E-state index contributed by atoms with van der Waals surface area (Å²) in [5.41, 5.74) is 2.05. The Morgan fingerprint density at radius 1 is 1.23 bits per heavy atom. The summed E-state index contributed by atoms with van der Waals surface area (Å²) in [4.78, 5) is 30.9. The van der Waals surface area contributed by atoms with E-state index in [1.165, 1.54) is 20.0 Å². The van der Waals surface area contributed by atoms with Crippen molar-refractivity contribution in [3.05, 3.63) is 53.9 Å².